The van der Waals surface area contributed by atoms with Crippen molar-refractivity contribution in [2.24, 2.45) is 5.92 Å². The predicted octanol–water partition coefficient (Wildman–Crippen LogP) is 1.82. The highest BCUT2D eigenvalue weighted by molar-refractivity contribution is 7.11. The van der Waals surface area contributed by atoms with Crippen LogP contribution in [0.3, 0.4) is 0 Å². The fraction of sp³-hybridized carbons (Fsp3) is 0.421. The van der Waals surface area contributed by atoms with Crippen LogP contribution in [0.4, 0.5) is 0 Å². The average Bonchev–Trinajstić information content (AvgIpc) is 3.21. The number of carbonyl (C=O) groups excluding carboxylic acids is 2. The maximum Gasteiger partial charge on any atom is 0.228 e. The summed E-state index contributed by atoms with van der Waals surface area (Å²) < 4.78 is 0. The molecule has 0 aromatic carbocycles. The highest BCUT2D eigenvalue weighted by atomic mass is 32.1. The van der Waals surface area contributed by atoms with Crippen LogP contribution < -0.4 is 0 Å². The lowest BCUT2D eigenvalue weighted by molar-refractivity contribution is -0.136. The molecule has 0 spiro atoms. The van der Waals surface area contributed by atoms with Gasteiger partial charge in [-0.1, -0.05) is 6.07 Å². The molecule has 0 unspecified atom stereocenters. The van der Waals surface area contributed by atoms with Gasteiger partial charge in [0.1, 0.15) is 0 Å². The minimum absolute atomic E-state index is 0.0110. The number of carbonyl (C=O) groups is 2. The molecule has 0 saturated carbocycles. The van der Waals surface area contributed by atoms with Crippen molar-refractivity contribution in [3.63, 3.8) is 0 Å². The largest absolute Gasteiger partial charge is 0.395 e. The predicted molar refractivity (Wildman–Crippen MR) is 99.3 cm³/mol. The van der Waals surface area contributed by atoms with Crippen molar-refractivity contribution in [1.82, 2.24) is 14.8 Å². The van der Waals surface area contributed by atoms with Gasteiger partial charge in [-0.2, -0.15) is 0 Å². The summed E-state index contributed by atoms with van der Waals surface area (Å²) in [4.78, 5) is 35.0. The van der Waals surface area contributed by atoms with Crippen LogP contribution in [0.15, 0.2) is 36.7 Å². The van der Waals surface area contributed by atoms with Crippen molar-refractivity contribution in [3.05, 3.63) is 52.0 Å². The number of hydrogen-bond donors (Lipinski definition) is 1. The molecule has 1 fully saturated rings. The molecule has 0 aliphatic carbocycles. The van der Waals surface area contributed by atoms with Crippen LogP contribution in [-0.4, -0.2) is 51.4 Å². The molecule has 7 heteroatoms. The lowest BCUT2D eigenvalue weighted by Gasteiger charge is -2.24. The smallest absolute Gasteiger partial charge is 0.228 e. The van der Waals surface area contributed by atoms with Gasteiger partial charge in [-0.15, -0.1) is 11.3 Å². The lowest BCUT2D eigenvalue weighted by atomic mass is 10.1. The molecule has 1 atom stereocenters. The molecule has 26 heavy (non-hydrogen) atoms. The molecule has 2 aromatic rings. The standard InChI is InChI=1S/C19H23N3O3S/c1-14-4-5-17(26-14)13-21(7-8-23)19(25)16-9-18(24)22(12-16)11-15-3-2-6-20-10-15/h2-6,10,16,23H,7-9,11-13H2,1H3/t16-/m1/s1. The van der Waals surface area contributed by atoms with E-state index in [9.17, 15) is 14.7 Å². The number of rotatable bonds is 7. The van der Waals surface area contributed by atoms with E-state index >= 15 is 0 Å². The van der Waals surface area contributed by atoms with Gasteiger partial charge in [0.05, 0.1) is 19.1 Å². The maximum absolute atomic E-state index is 12.9. The quantitative estimate of drug-likeness (QED) is 0.803. The molecule has 6 nitrogen and oxygen atoms in total. The summed E-state index contributed by atoms with van der Waals surface area (Å²) >= 11 is 1.64. The fourth-order valence-electron chi connectivity index (χ4n) is 3.21. The van der Waals surface area contributed by atoms with E-state index in [0.717, 1.165) is 10.4 Å². The Morgan fingerprint density at radius 1 is 1.42 bits per heavy atom. The van der Waals surface area contributed by atoms with Gasteiger partial charge in [0, 0.05) is 48.2 Å². The average molecular weight is 373 g/mol. The van der Waals surface area contributed by atoms with Gasteiger partial charge in [0.2, 0.25) is 11.8 Å². The zero-order chi connectivity index (χ0) is 18.5. The molecule has 1 N–H and O–H groups in total. The van der Waals surface area contributed by atoms with E-state index in [1.54, 1.807) is 33.5 Å². The molecule has 2 amide bonds. The number of aliphatic hydroxyl groups is 1. The summed E-state index contributed by atoms with van der Waals surface area (Å²) in [5, 5.41) is 9.34. The van der Waals surface area contributed by atoms with Gasteiger partial charge >= 0.3 is 0 Å². The Bertz CT molecular complexity index is 762. The van der Waals surface area contributed by atoms with Crippen molar-refractivity contribution in [2.45, 2.75) is 26.4 Å². The third-order valence-electron chi connectivity index (χ3n) is 4.48. The van der Waals surface area contributed by atoms with Crippen molar-refractivity contribution in [1.29, 1.82) is 0 Å². The Morgan fingerprint density at radius 2 is 2.27 bits per heavy atom. The molecule has 138 valence electrons. The fourth-order valence-corrected chi connectivity index (χ4v) is 4.11. The van der Waals surface area contributed by atoms with Crippen molar-refractivity contribution in [2.75, 3.05) is 19.7 Å². The number of thiophene rings is 1. The van der Waals surface area contributed by atoms with E-state index in [1.165, 1.54) is 4.88 Å². The van der Waals surface area contributed by atoms with E-state index in [4.69, 9.17) is 0 Å². The SMILES string of the molecule is Cc1ccc(CN(CCO)C(=O)[C@@H]2CC(=O)N(Cc3cccnc3)C2)s1. The maximum atomic E-state index is 12.9. The summed E-state index contributed by atoms with van der Waals surface area (Å²) in [5.74, 6) is -0.429. The molecule has 2 aromatic heterocycles. The van der Waals surface area contributed by atoms with Gasteiger partial charge in [-0.25, -0.2) is 0 Å². The summed E-state index contributed by atoms with van der Waals surface area (Å²) in [6.45, 7) is 3.58. The first kappa shape index (κ1) is 18.5. The number of aromatic nitrogens is 1. The Morgan fingerprint density at radius 3 is 2.92 bits per heavy atom. The van der Waals surface area contributed by atoms with Crippen LogP contribution in [0.1, 0.15) is 21.7 Å². The number of pyridine rings is 1. The topological polar surface area (TPSA) is 73.7 Å². The zero-order valence-corrected chi connectivity index (χ0v) is 15.6. The van der Waals surface area contributed by atoms with Gasteiger partial charge in [-0.3, -0.25) is 14.6 Å². The van der Waals surface area contributed by atoms with E-state index in [1.807, 2.05) is 31.2 Å². The number of likely N-dealkylation sites (tertiary alicyclic amines) is 1. The highest BCUT2D eigenvalue weighted by Gasteiger charge is 2.36. The number of aliphatic hydroxyl groups excluding tert-OH is 1. The normalized spacial score (nSPS) is 16.9. The van der Waals surface area contributed by atoms with Crippen molar-refractivity contribution in [3.8, 4) is 0 Å². The first-order valence-electron chi connectivity index (χ1n) is 8.68. The van der Waals surface area contributed by atoms with E-state index in [-0.39, 0.29) is 37.3 Å². The molecule has 0 bridgehead atoms. The third kappa shape index (κ3) is 4.47. The first-order valence-corrected chi connectivity index (χ1v) is 9.50. The Kier molecular flexibility index (Phi) is 6.00. The van der Waals surface area contributed by atoms with Crippen LogP contribution in [0.2, 0.25) is 0 Å². The monoisotopic (exact) mass is 373 g/mol. The summed E-state index contributed by atoms with van der Waals surface area (Å²) in [6, 6.07) is 7.79. The Labute approximate surface area is 157 Å². The van der Waals surface area contributed by atoms with Gasteiger partial charge in [0.25, 0.3) is 0 Å². The summed E-state index contributed by atoms with van der Waals surface area (Å²) in [6.07, 6.45) is 3.66. The van der Waals surface area contributed by atoms with E-state index in [0.29, 0.717) is 19.6 Å². The molecular formula is C19H23N3O3S. The third-order valence-corrected chi connectivity index (χ3v) is 5.47. The number of aryl methyl sites for hydroxylation is 1. The van der Waals surface area contributed by atoms with Crippen LogP contribution in [0.25, 0.3) is 0 Å². The second kappa shape index (κ2) is 8.42. The minimum atomic E-state index is -0.355. The summed E-state index contributed by atoms with van der Waals surface area (Å²) in [7, 11) is 0. The van der Waals surface area contributed by atoms with E-state index < -0.39 is 0 Å². The van der Waals surface area contributed by atoms with Gasteiger partial charge in [0.15, 0.2) is 0 Å². The molecular weight excluding hydrogens is 350 g/mol. The second-order valence-electron chi connectivity index (χ2n) is 6.53. The number of hydrogen-bond acceptors (Lipinski definition) is 5. The molecule has 1 aliphatic heterocycles. The lowest BCUT2D eigenvalue weighted by Crippen LogP contribution is -2.38. The van der Waals surface area contributed by atoms with Gasteiger partial charge in [-0.05, 0) is 30.7 Å². The second-order valence-corrected chi connectivity index (χ2v) is 7.90. The van der Waals surface area contributed by atoms with Crippen LogP contribution >= 0.6 is 11.3 Å². The minimum Gasteiger partial charge on any atom is -0.395 e. The Balaban J connectivity index is 1.64. The summed E-state index contributed by atoms with van der Waals surface area (Å²) in [5.41, 5.74) is 0.954. The van der Waals surface area contributed by atoms with Crippen LogP contribution in [0, 0.1) is 12.8 Å². The molecule has 1 aliphatic rings. The van der Waals surface area contributed by atoms with Crippen molar-refractivity contribution >= 4 is 23.2 Å². The number of amides is 2. The molecule has 1 saturated heterocycles. The Hall–Kier alpha value is -2.25. The zero-order valence-electron chi connectivity index (χ0n) is 14.8. The molecule has 3 rings (SSSR count). The van der Waals surface area contributed by atoms with Crippen molar-refractivity contribution < 1.29 is 14.7 Å². The van der Waals surface area contributed by atoms with Crippen LogP contribution in [0.5, 0.6) is 0 Å². The highest BCUT2D eigenvalue weighted by Crippen LogP contribution is 2.24. The van der Waals surface area contributed by atoms with Crippen LogP contribution in [-0.2, 0) is 22.7 Å². The van der Waals surface area contributed by atoms with Gasteiger partial charge < -0.3 is 14.9 Å². The number of nitrogens with zero attached hydrogens (tertiary/aromatic N) is 3. The molecule has 3 heterocycles. The first-order chi connectivity index (χ1) is 12.6. The van der Waals surface area contributed by atoms with E-state index in [2.05, 4.69) is 4.98 Å². The molecule has 0 radical (unpaired) electrons.